The summed E-state index contributed by atoms with van der Waals surface area (Å²) >= 11 is 5.80. The van der Waals surface area contributed by atoms with Crippen LogP contribution in [-0.2, 0) is 14.6 Å². The minimum Gasteiger partial charge on any atom is -0.397 e. The molecular weight excluding hydrogens is 300 g/mol. The van der Waals surface area contributed by atoms with E-state index in [0.717, 1.165) is 0 Å². The number of rotatable bonds is 6. The van der Waals surface area contributed by atoms with Crippen molar-refractivity contribution in [2.45, 2.75) is 20.3 Å². The number of nitrogens with one attached hydrogen (secondary N) is 1. The molecule has 1 amide bonds. The number of amides is 1. The van der Waals surface area contributed by atoms with Crippen LogP contribution in [0.25, 0.3) is 0 Å². The maximum atomic E-state index is 11.7. The lowest BCUT2D eigenvalue weighted by atomic mass is 10.2. The average Bonchev–Trinajstić information content (AvgIpc) is 2.30. The molecule has 0 saturated carbocycles. The SMILES string of the molecule is CC(C)CS(=O)(=O)CCC(=O)Nc1cc(Cl)ccc1N. The molecule has 0 atom stereocenters. The van der Waals surface area contributed by atoms with Crippen molar-refractivity contribution >= 4 is 38.7 Å². The zero-order valence-electron chi connectivity index (χ0n) is 11.5. The monoisotopic (exact) mass is 318 g/mol. The summed E-state index contributed by atoms with van der Waals surface area (Å²) < 4.78 is 23.4. The van der Waals surface area contributed by atoms with Crippen molar-refractivity contribution in [3.63, 3.8) is 0 Å². The molecule has 1 aromatic carbocycles. The molecule has 0 fully saturated rings. The van der Waals surface area contributed by atoms with E-state index in [-0.39, 0.29) is 23.8 Å². The minimum atomic E-state index is -3.20. The van der Waals surface area contributed by atoms with Gasteiger partial charge in [0, 0.05) is 11.4 Å². The van der Waals surface area contributed by atoms with E-state index in [4.69, 9.17) is 17.3 Å². The van der Waals surface area contributed by atoms with Crippen molar-refractivity contribution in [3.05, 3.63) is 23.2 Å². The Kier molecular flexibility index (Phi) is 5.83. The Bertz CT molecular complexity index is 585. The number of hydrogen-bond acceptors (Lipinski definition) is 4. The first kappa shape index (κ1) is 16.8. The minimum absolute atomic E-state index is 0.0478. The van der Waals surface area contributed by atoms with E-state index in [2.05, 4.69) is 5.32 Å². The number of hydrogen-bond donors (Lipinski definition) is 2. The Hall–Kier alpha value is -1.27. The lowest BCUT2D eigenvalue weighted by Crippen LogP contribution is -2.21. The predicted octanol–water partition coefficient (Wildman–Crippen LogP) is 2.32. The van der Waals surface area contributed by atoms with Crippen LogP contribution in [0.2, 0.25) is 5.02 Å². The molecule has 0 spiro atoms. The number of carbonyl (C=O) groups is 1. The second kappa shape index (κ2) is 6.95. The third kappa shape index (κ3) is 5.79. The normalized spacial score (nSPS) is 11.6. The molecular formula is C13H19ClN2O3S. The molecule has 0 heterocycles. The molecule has 112 valence electrons. The van der Waals surface area contributed by atoms with Crippen molar-refractivity contribution in [3.8, 4) is 0 Å². The van der Waals surface area contributed by atoms with E-state index < -0.39 is 15.7 Å². The first-order chi connectivity index (χ1) is 9.19. The summed E-state index contributed by atoms with van der Waals surface area (Å²) in [6, 6.07) is 4.71. The van der Waals surface area contributed by atoms with Gasteiger partial charge in [0.2, 0.25) is 5.91 Å². The van der Waals surface area contributed by atoms with Gasteiger partial charge in [-0.25, -0.2) is 8.42 Å². The number of carbonyl (C=O) groups excluding carboxylic acids is 1. The second-order valence-electron chi connectivity index (χ2n) is 5.04. The van der Waals surface area contributed by atoms with Crippen molar-refractivity contribution < 1.29 is 13.2 Å². The standard InChI is InChI=1S/C13H19ClN2O3S/c1-9(2)8-20(18,19)6-5-13(17)16-12-7-10(14)3-4-11(12)15/h3-4,7,9H,5-6,8,15H2,1-2H3,(H,16,17). The number of sulfone groups is 1. The maximum absolute atomic E-state index is 11.7. The Morgan fingerprint density at radius 2 is 2.05 bits per heavy atom. The molecule has 0 radical (unpaired) electrons. The van der Waals surface area contributed by atoms with Crippen molar-refractivity contribution in [1.82, 2.24) is 0 Å². The van der Waals surface area contributed by atoms with Gasteiger partial charge in [0.25, 0.3) is 0 Å². The van der Waals surface area contributed by atoms with E-state index in [9.17, 15) is 13.2 Å². The highest BCUT2D eigenvalue weighted by Crippen LogP contribution is 2.23. The Morgan fingerprint density at radius 1 is 1.40 bits per heavy atom. The molecule has 0 aliphatic rings. The zero-order valence-corrected chi connectivity index (χ0v) is 13.1. The lowest BCUT2D eigenvalue weighted by molar-refractivity contribution is -0.115. The van der Waals surface area contributed by atoms with Gasteiger partial charge >= 0.3 is 0 Å². The van der Waals surface area contributed by atoms with E-state index in [1.165, 1.54) is 6.07 Å². The number of nitrogen functional groups attached to an aromatic ring is 1. The number of halogens is 1. The predicted molar refractivity (Wildman–Crippen MR) is 82.6 cm³/mol. The van der Waals surface area contributed by atoms with Gasteiger partial charge in [-0.1, -0.05) is 25.4 Å². The van der Waals surface area contributed by atoms with Crippen molar-refractivity contribution in [2.75, 3.05) is 22.6 Å². The molecule has 20 heavy (non-hydrogen) atoms. The summed E-state index contributed by atoms with van der Waals surface area (Å²) in [4.78, 5) is 11.7. The molecule has 5 nitrogen and oxygen atoms in total. The average molecular weight is 319 g/mol. The largest absolute Gasteiger partial charge is 0.397 e. The van der Waals surface area contributed by atoms with Gasteiger partial charge in [-0.05, 0) is 24.1 Å². The quantitative estimate of drug-likeness (QED) is 0.788. The van der Waals surface area contributed by atoms with Gasteiger partial charge in [0.15, 0.2) is 9.84 Å². The van der Waals surface area contributed by atoms with E-state index in [0.29, 0.717) is 16.4 Å². The van der Waals surface area contributed by atoms with Gasteiger partial charge in [-0.2, -0.15) is 0 Å². The molecule has 0 saturated heterocycles. The summed E-state index contributed by atoms with van der Waals surface area (Å²) in [7, 11) is -3.20. The van der Waals surface area contributed by atoms with Gasteiger partial charge < -0.3 is 11.1 Å². The Morgan fingerprint density at radius 3 is 2.65 bits per heavy atom. The van der Waals surface area contributed by atoms with Crippen LogP contribution < -0.4 is 11.1 Å². The molecule has 3 N–H and O–H groups in total. The molecule has 0 aliphatic carbocycles. The Balaban J connectivity index is 2.58. The van der Waals surface area contributed by atoms with Crippen LogP contribution in [0, 0.1) is 5.92 Å². The summed E-state index contributed by atoms with van der Waals surface area (Å²) in [5.41, 5.74) is 6.47. The van der Waals surface area contributed by atoms with Crippen LogP contribution in [-0.4, -0.2) is 25.8 Å². The highest BCUT2D eigenvalue weighted by atomic mass is 35.5. The molecule has 1 rings (SSSR count). The molecule has 0 bridgehead atoms. The van der Waals surface area contributed by atoms with E-state index in [1.54, 1.807) is 12.1 Å². The zero-order chi connectivity index (χ0) is 15.3. The van der Waals surface area contributed by atoms with Crippen LogP contribution >= 0.6 is 11.6 Å². The molecule has 7 heteroatoms. The van der Waals surface area contributed by atoms with Crippen LogP contribution in [0.1, 0.15) is 20.3 Å². The lowest BCUT2D eigenvalue weighted by Gasteiger charge is -2.09. The third-order valence-electron chi connectivity index (χ3n) is 2.52. The first-order valence-electron chi connectivity index (χ1n) is 6.25. The summed E-state index contributed by atoms with van der Waals surface area (Å²) in [6.07, 6.45) is -0.0962. The third-order valence-corrected chi connectivity index (χ3v) is 4.75. The number of nitrogens with two attached hydrogens (primary N) is 1. The molecule has 0 unspecified atom stereocenters. The number of benzene rings is 1. The summed E-state index contributed by atoms with van der Waals surface area (Å²) in [5, 5.41) is 3.01. The number of anilines is 2. The van der Waals surface area contributed by atoms with Gasteiger partial charge in [0.05, 0.1) is 22.9 Å². The van der Waals surface area contributed by atoms with Crippen molar-refractivity contribution in [2.24, 2.45) is 5.92 Å². The van der Waals surface area contributed by atoms with Crippen LogP contribution in [0.4, 0.5) is 11.4 Å². The molecule has 0 aromatic heterocycles. The van der Waals surface area contributed by atoms with Gasteiger partial charge in [-0.3, -0.25) is 4.79 Å². The summed E-state index contributed by atoms with van der Waals surface area (Å²) in [6.45, 7) is 3.65. The fourth-order valence-electron chi connectivity index (χ4n) is 1.69. The van der Waals surface area contributed by atoms with Crippen LogP contribution in [0.15, 0.2) is 18.2 Å². The molecule has 1 aromatic rings. The maximum Gasteiger partial charge on any atom is 0.225 e. The van der Waals surface area contributed by atoms with Gasteiger partial charge in [-0.15, -0.1) is 0 Å². The second-order valence-corrected chi connectivity index (χ2v) is 7.70. The Labute approximate surface area is 124 Å². The molecule has 0 aliphatic heterocycles. The van der Waals surface area contributed by atoms with E-state index >= 15 is 0 Å². The smallest absolute Gasteiger partial charge is 0.225 e. The first-order valence-corrected chi connectivity index (χ1v) is 8.45. The summed E-state index contributed by atoms with van der Waals surface area (Å²) in [5.74, 6) is -0.435. The fraction of sp³-hybridized carbons (Fsp3) is 0.462. The van der Waals surface area contributed by atoms with Crippen molar-refractivity contribution in [1.29, 1.82) is 0 Å². The van der Waals surface area contributed by atoms with Crippen LogP contribution in [0.3, 0.4) is 0 Å². The topological polar surface area (TPSA) is 89.3 Å². The van der Waals surface area contributed by atoms with Gasteiger partial charge in [0.1, 0.15) is 0 Å². The fourth-order valence-corrected chi connectivity index (χ4v) is 3.54. The van der Waals surface area contributed by atoms with Crippen LogP contribution in [0.5, 0.6) is 0 Å². The highest BCUT2D eigenvalue weighted by Gasteiger charge is 2.16. The highest BCUT2D eigenvalue weighted by molar-refractivity contribution is 7.91. The van der Waals surface area contributed by atoms with E-state index in [1.807, 2.05) is 13.8 Å².